The maximum Gasteiger partial charge on any atom is 0.189 e. The Kier molecular flexibility index (Phi) is 8.18. The van der Waals surface area contributed by atoms with Crippen molar-refractivity contribution in [1.29, 1.82) is 0 Å². The van der Waals surface area contributed by atoms with Gasteiger partial charge in [0.2, 0.25) is 0 Å². The number of hydrogen-bond donors (Lipinski definition) is 2. The number of nitrogens with one attached hydrogen (secondary N) is 1. The molecule has 5 heteroatoms. The van der Waals surface area contributed by atoms with Crippen LogP contribution in [0, 0.1) is 0 Å². The van der Waals surface area contributed by atoms with Crippen molar-refractivity contribution in [2.45, 2.75) is 13.5 Å². The third kappa shape index (κ3) is 7.19. The van der Waals surface area contributed by atoms with E-state index in [1.807, 2.05) is 61.5 Å². The predicted molar refractivity (Wildman–Crippen MR) is 107 cm³/mol. The molecule has 122 valence electrons. The third-order valence-corrected chi connectivity index (χ3v) is 2.88. The molecule has 0 saturated carbocycles. The Hall–Kier alpha value is -2.02. The summed E-state index contributed by atoms with van der Waals surface area (Å²) in [7, 11) is 0. The number of nitrogens with zero attached hydrogens (tertiary/aromatic N) is 1. The third-order valence-electron chi connectivity index (χ3n) is 2.88. The van der Waals surface area contributed by atoms with E-state index in [-0.39, 0.29) is 24.0 Å². The van der Waals surface area contributed by atoms with E-state index in [0.29, 0.717) is 19.0 Å². The van der Waals surface area contributed by atoms with Gasteiger partial charge in [-0.25, -0.2) is 4.99 Å². The smallest absolute Gasteiger partial charge is 0.189 e. The number of para-hydroxylation sites is 1. The molecule has 0 amide bonds. The Balaban J connectivity index is 0.00000264. The number of hydrogen-bond acceptors (Lipinski definition) is 2. The van der Waals surface area contributed by atoms with Crippen molar-refractivity contribution in [3.05, 3.63) is 72.3 Å². The van der Waals surface area contributed by atoms with Gasteiger partial charge in [0.25, 0.3) is 0 Å². The van der Waals surface area contributed by atoms with E-state index >= 15 is 0 Å². The fourth-order valence-corrected chi connectivity index (χ4v) is 1.81. The van der Waals surface area contributed by atoms with Gasteiger partial charge in [-0.3, -0.25) is 0 Å². The van der Waals surface area contributed by atoms with Crippen LogP contribution in [0.4, 0.5) is 0 Å². The summed E-state index contributed by atoms with van der Waals surface area (Å²) in [5, 5.41) is 3.00. The summed E-state index contributed by atoms with van der Waals surface area (Å²) in [4.78, 5) is 4.30. The van der Waals surface area contributed by atoms with Crippen molar-refractivity contribution in [3.63, 3.8) is 0 Å². The van der Waals surface area contributed by atoms with Crippen LogP contribution in [0.1, 0.15) is 12.5 Å². The van der Waals surface area contributed by atoms with Crippen LogP contribution in [0.5, 0.6) is 11.5 Å². The Morgan fingerprint density at radius 2 is 1.83 bits per heavy atom. The molecule has 0 fully saturated rings. The van der Waals surface area contributed by atoms with E-state index in [1.54, 1.807) is 0 Å². The number of guanidine groups is 1. The molecule has 4 nitrogen and oxygen atoms in total. The first kappa shape index (κ1) is 19.0. The molecule has 0 atom stereocenters. The Bertz CT molecular complexity index is 656. The van der Waals surface area contributed by atoms with Gasteiger partial charge in [0, 0.05) is 6.54 Å². The fraction of sp³-hybridized carbons (Fsp3) is 0.167. The molecular weight excluding hydrogens is 401 g/mol. The van der Waals surface area contributed by atoms with E-state index in [1.165, 1.54) is 0 Å². The van der Waals surface area contributed by atoms with Crippen LogP contribution in [0.3, 0.4) is 0 Å². The number of nitrogens with two attached hydrogens (primary N) is 1. The average Bonchev–Trinajstić information content (AvgIpc) is 2.52. The molecule has 0 aromatic heterocycles. The molecule has 0 heterocycles. The van der Waals surface area contributed by atoms with Crippen LogP contribution in [0.25, 0.3) is 0 Å². The lowest BCUT2D eigenvalue weighted by Crippen LogP contribution is -2.32. The second-order valence-electron chi connectivity index (χ2n) is 5.07. The summed E-state index contributed by atoms with van der Waals surface area (Å²) in [6.07, 6.45) is 0. The van der Waals surface area contributed by atoms with Crippen LogP contribution in [-0.4, -0.2) is 12.5 Å². The van der Waals surface area contributed by atoms with Crippen molar-refractivity contribution in [2.75, 3.05) is 6.54 Å². The molecule has 3 N–H and O–H groups in total. The van der Waals surface area contributed by atoms with E-state index in [0.717, 1.165) is 22.6 Å². The van der Waals surface area contributed by atoms with Crippen molar-refractivity contribution in [3.8, 4) is 11.5 Å². The number of ether oxygens (including phenoxy) is 1. The molecule has 0 aliphatic rings. The predicted octanol–water partition coefficient (Wildman–Crippen LogP) is 4.08. The molecular formula is C18H22IN3O. The molecule has 2 aromatic rings. The topological polar surface area (TPSA) is 59.6 Å². The van der Waals surface area contributed by atoms with Crippen molar-refractivity contribution in [2.24, 2.45) is 10.7 Å². The maximum atomic E-state index is 5.80. The van der Waals surface area contributed by atoms with Crippen molar-refractivity contribution >= 4 is 29.9 Å². The zero-order valence-corrected chi connectivity index (χ0v) is 15.5. The molecule has 0 radical (unpaired) electrons. The Morgan fingerprint density at radius 3 is 2.52 bits per heavy atom. The fourth-order valence-electron chi connectivity index (χ4n) is 1.81. The minimum absolute atomic E-state index is 0. The number of rotatable bonds is 6. The van der Waals surface area contributed by atoms with Crippen LogP contribution in [0.15, 0.2) is 71.7 Å². The van der Waals surface area contributed by atoms with E-state index in [4.69, 9.17) is 10.5 Å². The zero-order chi connectivity index (χ0) is 15.8. The molecule has 0 aliphatic heterocycles. The largest absolute Gasteiger partial charge is 0.457 e. The average molecular weight is 423 g/mol. The molecule has 0 saturated heterocycles. The van der Waals surface area contributed by atoms with E-state index < -0.39 is 0 Å². The van der Waals surface area contributed by atoms with Gasteiger partial charge in [-0.1, -0.05) is 42.5 Å². The molecule has 0 aliphatic carbocycles. The van der Waals surface area contributed by atoms with Gasteiger partial charge >= 0.3 is 0 Å². The van der Waals surface area contributed by atoms with Gasteiger partial charge < -0.3 is 15.8 Å². The lowest BCUT2D eigenvalue weighted by atomic mass is 10.2. The van der Waals surface area contributed by atoms with Gasteiger partial charge in [-0.05, 0) is 36.8 Å². The standard InChI is InChI=1S/C18H21N3O.HI/c1-14(2)12-20-18(19)21-13-15-7-6-10-17(11-15)22-16-8-4-3-5-9-16;/h3-11H,1,12-13H2,2H3,(H3,19,20,21);1H. The Morgan fingerprint density at radius 1 is 1.13 bits per heavy atom. The van der Waals surface area contributed by atoms with Crippen LogP contribution < -0.4 is 15.8 Å². The van der Waals surface area contributed by atoms with Gasteiger partial charge in [0.05, 0.1) is 6.54 Å². The lowest BCUT2D eigenvalue weighted by Gasteiger charge is -2.07. The first-order valence-electron chi connectivity index (χ1n) is 7.13. The molecule has 0 bridgehead atoms. The summed E-state index contributed by atoms with van der Waals surface area (Å²) in [5.41, 5.74) is 7.84. The van der Waals surface area contributed by atoms with Crippen LogP contribution in [-0.2, 0) is 6.54 Å². The summed E-state index contributed by atoms with van der Waals surface area (Å²) < 4.78 is 5.80. The summed E-state index contributed by atoms with van der Waals surface area (Å²) in [6, 6.07) is 17.5. The second kappa shape index (κ2) is 9.89. The van der Waals surface area contributed by atoms with Crippen molar-refractivity contribution in [1.82, 2.24) is 5.32 Å². The quantitative estimate of drug-likeness (QED) is 0.319. The molecule has 0 spiro atoms. The number of aliphatic imine (C=N–C) groups is 1. The van der Waals surface area contributed by atoms with Gasteiger partial charge in [-0.2, -0.15) is 0 Å². The van der Waals surface area contributed by atoms with Crippen LogP contribution in [0.2, 0.25) is 0 Å². The lowest BCUT2D eigenvalue weighted by molar-refractivity contribution is 0.482. The minimum atomic E-state index is 0. The van der Waals surface area contributed by atoms with E-state index in [9.17, 15) is 0 Å². The number of halogens is 1. The van der Waals surface area contributed by atoms with Gasteiger partial charge in [0.15, 0.2) is 5.96 Å². The monoisotopic (exact) mass is 423 g/mol. The summed E-state index contributed by atoms with van der Waals surface area (Å²) >= 11 is 0. The molecule has 2 rings (SSSR count). The summed E-state index contributed by atoms with van der Waals surface area (Å²) in [5.74, 6) is 2.01. The SMILES string of the molecule is C=C(C)CNC(N)=NCc1cccc(Oc2ccccc2)c1.I. The maximum absolute atomic E-state index is 5.80. The normalized spacial score (nSPS) is 10.6. The highest BCUT2D eigenvalue weighted by Crippen LogP contribution is 2.21. The molecule has 23 heavy (non-hydrogen) atoms. The van der Waals surface area contributed by atoms with Gasteiger partial charge in [0.1, 0.15) is 11.5 Å². The van der Waals surface area contributed by atoms with E-state index in [2.05, 4.69) is 16.9 Å². The highest BCUT2D eigenvalue weighted by atomic mass is 127. The molecule has 2 aromatic carbocycles. The second-order valence-corrected chi connectivity index (χ2v) is 5.07. The highest BCUT2D eigenvalue weighted by molar-refractivity contribution is 14.0. The van der Waals surface area contributed by atoms with Gasteiger partial charge in [-0.15, -0.1) is 24.0 Å². The van der Waals surface area contributed by atoms with Crippen LogP contribution >= 0.6 is 24.0 Å². The summed E-state index contributed by atoms with van der Waals surface area (Å²) in [6.45, 7) is 6.87. The van der Waals surface area contributed by atoms with Crippen molar-refractivity contribution < 1.29 is 4.74 Å². The minimum Gasteiger partial charge on any atom is -0.457 e. The molecule has 0 unspecified atom stereocenters. The zero-order valence-electron chi connectivity index (χ0n) is 13.2. The highest BCUT2D eigenvalue weighted by Gasteiger charge is 1.99. The first-order valence-corrected chi connectivity index (χ1v) is 7.13. The Labute approximate surface area is 154 Å². The first-order chi connectivity index (χ1) is 10.6. The number of benzene rings is 2.